The first-order chi connectivity index (χ1) is 17.9. The summed E-state index contributed by atoms with van der Waals surface area (Å²) in [4.78, 5) is 16.1. The minimum atomic E-state index is -0.230. The van der Waals surface area contributed by atoms with Crippen molar-refractivity contribution in [3.8, 4) is 5.75 Å². The highest BCUT2D eigenvalue weighted by atomic mass is 16.3. The quantitative estimate of drug-likeness (QED) is 0.181. The summed E-state index contributed by atoms with van der Waals surface area (Å²) in [5.41, 5.74) is 2.24. The van der Waals surface area contributed by atoms with Gasteiger partial charge in [0.25, 0.3) is 5.91 Å². The first kappa shape index (κ1) is 34.5. The van der Waals surface area contributed by atoms with Crippen molar-refractivity contribution in [3.05, 3.63) is 28.8 Å². The molecule has 0 aromatic heterocycles. The lowest BCUT2D eigenvalue weighted by Crippen LogP contribution is -2.35. The summed E-state index contributed by atoms with van der Waals surface area (Å²) < 4.78 is 0. The number of hydrogen-bond donors (Lipinski definition) is 1. The summed E-state index contributed by atoms with van der Waals surface area (Å²) in [7, 11) is 0. The molecule has 0 aliphatic heterocycles. The molecule has 1 N–H and O–H groups in total. The van der Waals surface area contributed by atoms with Gasteiger partial charge in [-0.2, -0.15) is 0 Å². The number of phenols is 1. The summed E-state index contributed by atoms with van der Waals surface area (Å²) in [6.45, 7) is 19.0. The van der Waals surface area contributed by atoms with Crippen LogP contribution in [0.5, 0.6) is 5.75 Å². The number of carbonyl (C=O) groups excluding carboxylic acids is 1. The van der Waals surface area contributed by atoms with Gasteiger partial charge in [-0.25, -0.2) is 0 Å². The zero-order valence-electron chi connectivity index (χ0n) is 26.7. The molecule has 0 spiro atoms. The molecule has 1 aromatic carbocycles. The molecule has 1 amide bonds. The number of hydrogen-bond acceptors (Lipinski definition) is 2. The van der Waals surface area contributed by atoms with Crippen LogP contribution in [0.15, 0.2) is 12.1 Å². The first-order valence-corrected chi connectivity index (χ1v) is 16.1. The third-order valence-electron chi connectivity index (χ3n) is 7.86. The molecule has 38 heavy (non-hydrogen) atoms. The van der Waals surface area contributed by atoms with E-state index in [2.05, 4.69) is 66.4 Å². The molecular weight excluding hydrogens is 466 g/mol. The predicted octanol–water partition coefficient (Wildman–Crippen LogP) is 10.7. The number of amides is 1. The van der Waals surface area contributed by atoms with Crippen molar-refractivity contribution in [2.75, 3.05) is 13.1 Å². The first-order valence-electron chi connectivity index (χ1n) is 16.1. The number of benzene rings is 1. The van der Waals surface area contributed by atoms with Gasteiger partial charge in [0.15, 0.2) is 0 Å². The third-order valence-corrected chi connectivity index (χ3v) is 7.86. The van der Waals surface area contributed by atoms with Gasteiger partial charge in [-0.15, -0.1) is 0 Å². The lowest BCUT2D eigenvalue weighted by molar-refractivity contribution is 0.0743. The van der Waals surface area contributed by atoms with Crippen LogP contribution in [0.2, 0.25) is 0 Å². The summed E-state index contributed by atoms with van der Waals surface area (Å²) in [5.74, 6) is 0.156. The van der Waals surface area contributed by atoms with Gasteiger partial charge >= 0.3 is 0 Å². The van der Waals surface area contributed by atoms with E-state index in [-0.39, 0.29) is 22.5 Å². The number of aromatic hydroxyl groups is 1. The third kappa shape index (κ3) is 13.0. The van der Waals surface area contributed by atoms with Crippen LogP contribution >= 0.6 is 0 Å². The number of phenolic OH excluding ortho intramolecular Hbond substituents is 1. The molecule has 3 nitrogen and oxygen atoms in total. The van der Waals surface area contributed by atoms with Crippen LogP contribution in [-0.4, -0.2) is 29.0 Å². The molecule has 0 radical (unpaired) electrons. The summed E-state index contributed by atoms with van der Waals surface area (Å²) in [5, 5.41) is 11.2. The number of carbonyl (C=O) groups is 1. The maximum atomic E-state index is 14.0. The lowest BCUT2D eigenvalue weighted by Gasteiger charge is -2.30. The predicted molar refractivity (Wildman–Crippen MR) is 167 cm³/mol. The van der Waals surface area contributed by atoms with Crippen LogP contribution in [0.25, 0.3) is 0 Å². The molecule has 0 fully saturated rings. The van der Waals surface area contributed by atoms with Gasteiger partial charge in [-0.3, -0.25) is 4.79 Å². The van der Waals surface area contributed by atoms with E-state index >= 15 is 0 Å². The van der Waals surface area contributed by atoms with Gasteiger partial charge in [0.1, 0.15) is 5.75 Å². The monoisotopic (exact) mass is 529 g/mol. The molecule has 3 heteroatoms. The molecule has 0 aliphatic carbocycles. The van der Waals surface area contributed by atoms with Gasteiger partial charge in [0.05, 0.1) is 5.56 Å². The van der Waals surface area contributed by atoms with Crippen molar-refractivity contribution < 1.29 is 9.90 Å². The molecule has 0 saturated carbocycles. The Morgan fingerprint density at radius 3 is 1.39 bits per heavy atom. The average Bonchev–Trinajstić information content (AvgIpc) is 2.84. The highest BCUT2D eigenvalue weighted by molar-refractivity contribution is 5.99. The van der Waals surface area contributed by atoms with E-state index in [4.69, 9.17) is 0 Å². The van der Waals surface area contributed by atoms with E-state index in [1.807, 2.05) is 6.07 Å². The second-order valence-corrected chi connectivity index (χ2v) is 13.7. The molecule has 1 aromatic rings. The normalized spacial score (nSPS) is 12.2. The zero-order valence-corrected chi connectivity index (χ0v) is 26.7. The second kappa shape index (κ2) is 18.0. The van der Waals surface area contributed by atoms with E-state index in [1.54, 1.807) is 0 Å². The largest absolute Gasteiger partial charge is 0.507 e. The lowest BCUT2D eigenvalue weighted by atomic mass is 9.78. The summed E-state index contributed by atoms with van der Waals surface area (Å²) in [6, 6.07) is 3.99. The van der Waals surface area contributed by atoms with Gasteiger partial charge in [-0.1, -0.05) is 151 Å². The zero-order chi connectivity index (χ0) is 28.6. The Labute approximate surface area is 237 Å². The molecule has 0 bridgehead atoms. The van der Waals surface area contributed by atoms with Crippen molar-refractivity contribution in [1.29, 1.82) is 0 Å². The van der Waals surface area contributed by atoms with E-state index < -0.39 is 0 Å². The van der Waals surface area contributed by atoms with Crippen molar-refractivity contribution >= 4 is 5.91 Å². The number of nitrogens with zero attached hydrogens (tertiary/aromatic N) is 1. The maximum Gasteiger partial charge on any atom is 0.257 e. The average molecular weight is 530 g/mol. The molecule has 0 atom stereocenters. The molecule has 220 valence electrons. The maximum absolute atomic E-state index is 14.0. The molecule has 0 saturated heterocycles. The fourth-order valence-corrected chi connectivity index (χ4v) is 5.22. The van der Waals surface area contributed by atoms with Gasteiger partial charge in [0, 0.05) is 13.1 Å². The Balaban J connectivity index is 2.95. The van der Waals surface area contributed by atoms with E-state index in [9.17, 15) is 9.90 Å². The van der Waals surface area contributed by atoms with E-state index in [0.717, 1.165) is 37.1 Å². The number of rotatable bonds is 19. The summed E-state index contributed by atoms with van der Waals surface area (Å²) >= 11 is 0. The smallest absolute Gasteiger partial charge is 0.257 e. The SMILES string of the molecule is CCCCCCCCCCN(CCCCCCCCCC)C(=O)c1c(O)cc(C(C)(C)C)cc1C(C)(C)C. The molecule has 0 aliphatic rings. The van der Waals surface area contributed by atoms with Gasteiger partial charge < -0.3 is 10.0 Å². The standard InChI is InChI=1S/C35H63NO2/c1-9-11-13-15-17-19-21-23-25-36(26-24-22-20-18-16-14-12-10-2)33(38)32-30(35(6,7)8)27-29(28-31(32)37)34(3,4)5/h27-28,37H,9-26H2,1-8H3. The van der Waals surface area contributed by atoms with Crippen LogP contribution in [-0.2, 0) is 10.8 Å². The van der Waals surface area contributed by atoms with Crippen LogP contribution in [0.4, 0.5) is 0 Å². The van der Waals surface area contributed by atoms with Crippen LogP contribution in [0.3, 0.4) is 0 Å². The van der Waals surface area contributed by atoms with E-state index in [0.29, 0.717) is 5.56 Å². The Bertz CT molecular complexity index is 764. The molecule has 0 heterocycles. The van der Waals surface area contributed by atoms with Crippen molar-refractivity contribution in [1.82, 2.24) is 4.90 Å². The van der Waals surface area contributed by atoms with Crippen molar-refractivity contribution in [3.63, 3.8) is 0 Å². The molecular formula is C35H63NO2. The number of unbranched alkanes of at least 4 members (excludes halogenated alkanes) is 14. The fraction of sp³-hybridized carbons (Fsp3) is 0.800. The van der Waals surface area contributed by atoms with Crippen LogP contribution < -0.4 is 0 Å². The van der Waals surface area contributed by atoms with Crippen molar-refractivity contribution in [2.45, 2.75) is 169 Å². The van der Waals surface area contributed by atoms with Crippen LogP contribution in [0, 0.1) is 0 Å². The Kier molecular flexibility index (Phi) is 16.3. The minimum absolute atomic E-state index is 0.0128. The fourth-order valence-electron chi connectivity index (χ4n) is 5.22. The summed E-state index contributed by atoms with van der Waals surface area (Å²) in [6.07, 6.45) is 20.2. The second-order valence-electron chi connectivity index (χ2n) is 13.7. The minimum Gasteiger partial charge on any atom is -0.507 e. The van der Waals surface area contributed by atoms with Gasteiger partial charge in [-0.05, 0) is 40.9 Å². The highest BCUT2D eigenvalue weighted by Crippen LogP contribution is 2.37. The van der Waals surface area contributed by atoms with Gasteiger partial charge in [0.2, 0.25) is 0 Å². The molecule has 1 rings (SSSR count). The Morgan fingerprint density at radius 2 is 1.03 bits per heavy atom. The van der Waals surface area contributed by atoms with E-state index in [1.165, 1.54) is 89.9 Å². The highest BCUT2D eigenvalue weighted by Gasteiger charge is 2.30. The topological polar surface area (TPSA) is 40.5 Å². The molecule has 0 unspecified atom stereocenters. The Morgan fingerprint density at radius 1 is 0.632 bits per heavy atom. The van der Waals surface area contributed by atoms with Crippen LogP contribution in [0.1, 0.15) is 180 Å². The van der Waals surface area contributed by atoms with Crippen molar-refractivity contribution in [2.24, 2.45) is 0 Å². The Hall–Kier alpha value is -1.51.